The van der Waals surface area contributed by atoms with Crippen LogP contribution in [0.1, 0.15) is 0 Å². The molecule has 0 aliphatic rings. The summed E-state index contributed by atoms with van der Waals surface area (Å²) in [6.45, 7) is 0. The number of phenols is 1. The van der Waals surface area contributed by atoms with Crippen molar-refractivity contribution >= 4 is 74.9 Å². The van der Waals surface area contributed by atoms with Crippen molar-refractivity contribution in [1.82, 2.24) is 4.98 Å². The lowest BCUT2D eigenvalue weighted by Crippen LogP contribution is -1.89. The predicted molar refractivity (Wildman–Crippen MR) is 95.9 cm³/mol. The molecule has 3 rings (SSSR count). The molecule has 2 aromatic carbocycles. The molecular formula is C14H8Cl4N2OS. The second kappa shape index (κ2) is 6.30. The van der Waals surface area contributed by atoms with Crippen LogP contribution in [0.15, 0.2) is 35.4 Å². The van der Waals surface area contributed by atoms with E-state index in [-0.39, 0.29) is 15.8 Å². The van der Waals surface area contributed by atoms with Gasteiger partial charge < -0.3 is 14.8 Å². The van der Waals surface area contributed by atoms with Crippen molar-refractivity contribution in [2.24, 2.45) is 0 Å². The van der Waals surface area contributed by atoms with Gasteiger partial charge >= 0.3 is 0 Å². The quantitative estimate of drug-likeness (QED) is 0.439. The SMILES string of the molecule is Oc1c(Cl)cc(SNc2ccc(Cl)c3c(Cl)c[nH]c23)cc1Cl. The fraction of sp³-hybridized carbons (Fsp3) is 0. The number of halogens is 4. The van der Waals surface area contributed by atoms with E-state index in [9.17, 15) is 5.11 Å². The Morgan fingerprint density at radius 2 is 1.64 bits per heavy atom. The van der Waals surface area contributed by atoms with Gasteiger partial charge in [-0.2, -0.15) is 0 Å². The zero-order valence-electron chi connectivity index (χ0n) is 10.8. The molecule has 8 heteroatoms. The lowest BCUT2D eigenvalue weighted by Gasteiger charge is -2.09. The number of phenolic OH excluding ortho intramolecular Hbond substituents is 1. The molecule has 0 fully saturated rings. The predicted octanol–water partition coefficient (Wildman–Crippen LogP) is 6.61. The zero-order chi connectivity index (χ0) is 15.9. The highest BCUT2D eigenvalue weighted by Gasteiger charge is 2.11. The van der Waals surface area contributed by atoms with Crippen molar-refractivity contribution in [1.29, 1.82) is 0 Å². The number of benzene rings is 2. The first-order chi connectivity index (χ1) is 10.5. The molecule has 0 amide bonds. The summed E-state index contributed by atoms with van der Waals surface area (Å²) in [5.74, 6) is -0.127. The minimum absolute atomic E-state index is 0.127. The molecule has 0 aliphatic heterocycles. The summed E-state index contributed by atoms with van der Waals surface area (Å²) >= 11 is 25.4. The Balaban J connectivity index is 1.90. The van der Waals surface area contributed by atoms with E-state index in [1.165, 1.54) is 11.9 Å². The lowest BCUT2D eigenvalue weighted by molar-refractivity contribution is 0.475. The van der Waals surface area contributed by atoms with Crippen LogP contribution in [-0.2, 0) is 0 Å². The van der Waals surface area contributed by atoms with Gasteiger partial charge in [0.2, 0.25) is 0 Å². The molecule has 1 aromatic heterocycles. The molecule has 3 nitrogen and oxygen atoms in total. The van der Waals surface area contributed by atoms with Crippen molar-refractivity contribution in [2.75, 3.05) is 4.72 Å². The molecule has 0 radical (unpaired) electrons. The number of hydrogen-bond acceptors (Lipinski definition) is 3. The van der Waals surface area contributed by atoms with Crippen molar-refractivity contribution in [3.63, 3.8) is 0 Å². The summed E-state index contributed by atoms with van der Waals surface area (Å²) in [6, 6.07) is 6.85. The normalized spacial score (nSPS) is 11.1. The summed E-state index contributed by atoms with van der Waals surface area (Å²) in [6.07, 6.45) is 1.68. The average molecular weight is 394 g/mol. The Kier molecular flexibility index (Phi) is 4.57. The van der Waals surface area contributed by atoms with Crippen LogP contribution in [0, 0.1) is 0 Å². The van der Waals surface area contributed by atoms with Crippen LogP contribution in [0.3, 0.4) is 0 Å². The molecule has 0 saturated heterocycles. The Hall–Kier alpha value is -0.910. The molecule has 114 valence electrons. The van der Waals surface area contributed by atoms with Gasteiger partial charge in [-0.1, -0.05) is 46.4 Å². The van der Waals surface area contributed by atoms with E-state index in [1.807, 2.05) is 6.07 Å². The van der Waals surface area contributed by atoms with E-state index >= 15 is 0 Å². The van der Waals surface area contributed by atoms with Crippen LogP contribution in [0.25, 0.3) is 10.9 Å². The number of hydrogen-bond donors (Lipinski definition) is 3. The summed E-state index contributed by atoms with van der Waals surface area (Å²) in [5, 5.41) is 11.8. The Morgan fingerprint density at radius 1 is 0.955 bits per heavy atom. The number of aromatic amines is 1. The van der Waals surface area contributed by atoms with Gasteiger partial charge in [0.05, 0.1) is 31.3 Å². The highest BCUT2D eigenvalue weighted by molar-refractivity contribution is 8.00. The zero-order valence-corrected chi connectivity index (χ0v) is 14.6. The topological polar surface area (TPSA) is 48.0 Å². The smallest absolute Gasteiger partial charge is 0.152 e. The molecule has 0 unspecified atom stereocenters. The number of aromatic nitrogens is 1. The van der Waals surface area contributed by atoms with Gasteiger partial charge in [0.25, 0.3) is 0 Å². The minimum Gasteiger partial charge on any atom is -0.505 e. The third-order valence-corrected chi connectivity index (χ3v) is 4.99. The molecule has 3 N–H and O–H groups in total. The monoisotopic (exact) mass is 392 g/mol. The summed E-state index contributed by atoms with van der Waals surface area (Å²) in [4.78, 5) is 3.84. The van der Waals surface area contributed by atoms with Crippen molar-refractivity contribution in [2.45, 2.75) is 4.90 Å². The van der Waals surface area contributed by atoms with Crippen LogP contribution < -0.4 is 4.72 Å². The maximum absolute atomic E-state index is 9.56. The van der Waals surface area contributed by atoms with Crippen molar-refractivity contribution in [3.05, 3.63) is 50.6 Å². The van der Waals surface area contributed by atoms with Gasteiger partial charge in [-0.15, -0.1) is 0 Å². The maximum atomic E-state index is 9.56. The molecule has 1 heterocycles. The molecule has 0 aliphatic carbocycles. The van der Waals surface area contributed by atoms with E-state index in [1.54, 1.807) is 24.4 Å². The van der Waals surface area contributed by atoms with Gasteiger partial charge in [0, 0.05) is 16.5 Å². The van der Waals surface area contributed by atoms with E-state index in [0.717, 1.165) is 21.5 Å². The van der Waals surface area contributed by atoms with Gasteiger partial charge in [0.1, 0.15) is 0 Å². The van der Waals surface area contributed by atoms with Gasteiger partial charge in [-0.05, 0) is 36.2 Å². The second-order valence-corrected chi connectivity index (χ2v) is 6.93. The molecule has 0 atom stereocenters. The average Bonchev–Trinajstić information content (AvgIpc) is 2.87. The summed E-state index contributed by atoms with van der Waals surface area (Å²) < 4.78 is 3.19. The number of rotatable bonds is 3. The first kappa shape index (κ1) is 16.0. The van der Waals surface area contributed by atoms with Crippen molar-refractivity contribution in [3.8, 4) is 5.75 Å². The Labute approximate surface area is 150 Å². The van der Waals surface area contributed by atoms with Gasteiger partial charge in [0.15, 0.2) is 5.75 Å². The van der Waals surface area contributed by atoms with Crippen molar-refractivity contribution < 1.29 is 5.11 Å². The summed E-state index contributed by atoms with van der Waals surface area (Å²) in [7, 11) is 0. The van der Waals surface area contributed by atoms with Gasteiger partial charge in [-0.25, -0.2) is 0 Å². The molecule has 0 spiro atoms. The highest BCUT2D eigenvalue weighted by Crippen LogP contribution is 2.39. The van der Waals surface area contributed by atoms with Crippen LogP contribution in [0.2, 0.25) is 20.1 Å². The molecule has 0 saturated carbocycles. The fourth-order valence-electron chi connectivity index (χ4n) is 1.97. The first-order valence-corrected chi connectivity index (χ1v) is 8.36. The Morgan fingerprint density at radius 3 is 2.32 bits per heavy atom. The Bertz CT molecular complexity index is 842. The van der Waals surface area contributed by atoms with E-state index in [0.29, 0.717) is 10.0 Å². The van der Waals surface area contributed by atoms with Gasteiger partial charge in [-0.3, -0.25) is 0 Å². The number of fused-ring (bicyclic) bond motifs is 1. The van der Waals surface area contributed by atoms with E-state index in [2.05, 4.69) is 9.71 Å². The number of aromatic hydroxyl groups is 1. The molecular weight excluding hydrogens is 386 g/mol. The highest BCUT2D eigenvalue weighted by atomic mass is 35.5. The summed E-state index contributed by atoms with van der Waals surface area (Å²) in [5.41, 5.74) is 1.62. The number of nitrogens with one attached hydrogen (secondary N) is 2. The van der Waals surface area contributed by atoms with Crippen LogP contribution in [0.4, 0.5) is 5.69 Å². The van der Waals surface area contributed by atoms with Crippen LogP contribution in [-0.4, -0.2) is 10.1 Å². The third kappa shape index (κ3) is 2.94. The first-order valence-electron chi connectivity index (χ1n) is 6.03. The second-order valence-electron chi connectivity index (χ2n) is 4.42. The lowest BCUT2D eigenvalue weighted by atomic mass is 10.2. The van der Waals surface area contributed by atoms with E-state index in [4.69, 9.17) is 46.4 Å². The maximum Gasteiger partial charge on any atom is 0.152 e. The van der Waals surface area contributed by atoms with E-state index < -0.39 is 0 Å². The third-order valence-electron chi connectivity index (χ3n) is 3.01. The fourth-order valence-corrected chi connectivity index (χ4v) is 3.89. The molecule has 0 bridgehead atoms. The molecule has 3 aromatic rings. The number of anilines is 1. The number of H-pyrrole nitrogens is 1. The standard InChI is InChI=1S/C14H8Cl4N2OS/c15-7-1-2-11(13-12(7)10(18)5-19-13)20-22-6-3-8(16)14(21)9(17)4-6/h1-5,19-21H. The van der Waals surface area contributed by atoms with Crippen LogP contribution >= 0.6 is 58.4 Å². The molecule has 22 heavy (non-hydrogen) atoms. The minimum atomic E-state index is -0.127. The van der Waals surface area contributed by atoms with Crippen LogP contribution in [0.5, 0.6) is 5.75 Å². The largest absolute Gasteiger partial charge is 0.505 e.